The third kappa shape index (κ3) is 4.06. The highest BCUT2D eigenvalue weighted by atomic mass is 16.5. The molecule has 1 spiro atoms. The molecule has 3 aromatic rings. The van der Waals surface area contributed by atoms with E-state index in [0.29, 0.717) is 17.7 Å². The minimum Gasteiger partial charge on any atom is -0.497 e. The molecule has 34 heavy (non-hydrogen) atoms. The van der Waals surface area contributed by atoms with E-state index in [1.54, 1.807) is 31.4 Å². The number of piperidine rings is 1. The number of aryl methyl sites for hydroxylation is 1. The van der Waals surface area contributed by atoms with Gasteiger partial charge < -0.3 is 9.64 Å². The summed E-state index contributed by atoms with van der Waals surface area (Å²) in [6.45, 7) is 5.67. The van der Waals surface area contributed by atoms with Gasteiger partial charge in [-0.25, -0.2) is 0 Å². The Morgan fingerprint density at radius 3 is 2.62 bits per heavy atom. The predicted molar refractivity (Wildman–Crippen MR) is 133 cm³/mol. The van der Waals surface area contributed by atoms with Gasteiger partial charge in [0.2, 0.25) is 0 Å². The van der Waals surface area contributed by atoms with E-state index in [4.69, 9.17) is 4.74 Å². The van der Waals surface area contributed by atoms with Crippen LogP contribution in [0, 0.1) is 18.3 Å². The van der Waals surface area contributed by atoms with Crippen molar-refractivity contribution in [2.75, 3.05) is 31.6 Å². The van der Waals surface area contributed by atoms with E-state index in [9.17, 15) is 10.1 Å². The Labute approximate surface area is 201 Å². The lowest BCUT2D eigenvalue weighted by molar-refractivity contribution is 0.0975. The molecule has 2 heterocycles. The van der Waals surface area contributed by atoms with Crippen LogP contribution >= 0.6 is 0 Å². The molecule has 5 rings (SSSR count). The number of anilines is 1. The second-order valence-corrected chi connectivity index (χ2v) is 9.51. The molecule has 5 heteroatoms. The zero-order chi connectivity index (χ0) is 23.7. The van der Waals surface area contributed by atoms with Crippen molar-refractivity contribution in [1.82, 2.24) is 4.90 Å². The number of benzene rings is 3. The van der Waals surface area contributed by atoms with Gasteiger partial charge in [-0.05, 0) is 80.4 Å². The number of amides is 1. The predicted octanol–water partition coefficient (Wildman–Crippen LogP) is 5.07. The fourth-order valence-electron chi connectivity index (χ4n) is 5.44. The summed E-state index contributed by atoms with van der Waals surface area (Å²) in [6, 6.07) is 23.9. The Morgan fingerprint density at radius 2 is 1.85 bits per heavy atom. The van der Waals surface area contributed by atoms with Crippen molar-refractivity contribution >= 4 is 11.6 Å². The maximum Gasteiger partial charge on any atom is 0.258 e. The van der Waals surface area contributed by atoms with Gasteiger partial charge >= 0.3 is 0 Å². The molecule has 0 unspecified atom stereocenters. The molecular weight excluding hydrogens is 422 g/mol. The standard InChI is InChI=1S/C29H29N3O2/c1-21-9-10-27-26(15-21)29(20-32(27)28(33)24-7-3-5-22(16-24)18-30)11-13-31(14-12-29)19-23-6-4-8-25(17-23)34-2/h3-10,15-17H,11-14,19-20H2,1-2H3. The molecular formula is C29H29N3O2. The molecule has 2 aliphatic rings. The van der Waals surface area contributed by atoms with E-state index in [-0.39, 0.29) is 11.3 Å². The molecule has 0 aromatic heterocycles. The van der Waals surface area contributed by atoms with Crippen LogP contribution < -0.4 is 9.64 Å². The molecule has 0 aliphatic carbocycles. The van der Waals surface area contributed by atoms with Gasteiger partial charge in [0, 0.05) is 29.8 Å². The molecule has 0 saturated carbocycles. The first kappa shape index (κ1) is 22.2. The molecule has 0 N–H and O–H groups in total. The molecule has 172 valence electrons. The smallest absolute Gasteiger partial charge is 0.258 e. The summed E-state index contributed by atoms with van der Waals surface area (Å²) in [5.41, 5.74) is 5.82. The van der Waals surface area contributed by atoms with Crippen LogP contribution in [-0.2, 0) is 12.0 Å². The van der Waals surface area contributed by atoms with Crippen LogP contribution in [0.15, 0.2) is 66.7 Å². The SMILES string of the molecule is COc1cccc(CN2CCC3(CC2)CN(C(=O)c2cccc(C#N)c2)c2ccc(C)cc23)c1. The third-order valence-electron chi connectivity index (χ3n) is 7.31. The number of carbonyl (C=O) groups excluding carboxylic acids is 1. The number of nitriles is 1. The Kier molecular flexibility index (Phi) is 5.85. The van der Waals surface area contributed by atoms with E-state index in [1.165, 1.54) is 16.7 Å². The van der Waals surface area contributed by atoms with Gasteiger partial charge in [0.1, 0.15) is 5.75 Å². The maximum atomic E-state index is 13.5. The van der Waals surface area contributed by atoms with Crippen LogP contribution in [-0.4, -0.2) is 37.6 Å². The molecule has 2 aliphatic heterocycles. The highest BCUT2D eigenvalue weighted by molar-refractivity contribution is 6.08. The topological polar surface area (TPSA) is 56.6 Å². The lowest BCUT2D eigenvalue weighted by atomic mass is 9.74. The number of carbonyl (C=O) groups is 1. The van der Waals surface area contributed by atoms with Gasteiger partial charge in [-0.1, -0.05) is 35.9 Å². The van der Waals surface area contributed by atoms with E-state index in [2.05, 4.69) is 48.2 Å². The summed E-state index contributed by atoms with van der Waals surface area (Å²) < 4.78 is 5.38. The molecule has 0 radical (unpaired) electrons. The first-order chi connectivity index (χ1) is 16.5. The fraction of sp³-hybridized carbons (Fsp3) is 0.310. The van der Waals surface area contributed by atoms with Crippen LogP contribution in [0.2, 0.25) is 0 Å². The zero-order valence-corrected chi connectivity index (χ0v) is 19.8. The molecule has 1 fully saturated rings. The Balaban J connectivity index is 1.38. The van der Waals surface area contributed by atoms with Gasteiger partial charge in [0.05, 0.1) is 18.7 Å². The van der Waals surface area contributed by atoms with Crippen molar-refractivity contribution in [3.8, 4) is 11.8 Å². The number of nitrogens with zero attached hydrogens (tertiary/aromatic N) is 3. The third-order valence-corrected chi connectivity index (χ3v) is 7.31. The number of hydrogen-bond acceptors (Lipinski definition) is 4. The van der Waals surface area contributed by atoms with Crippen molar-refractivity contribution in [1.29, 1.82) is 5.26 Å². The molecule has 0 bridgehead atoms. The Morgan fingerprint density at radius 1 is 1.06 bits per heavy atom. The highest BCUT2D eigenvalue weighted by Crippen LogP contribution is 2.48. The first-order valence-electron chi connectivity index (χ1n) is 11.8. The number of hydrogen-bond donors (Lipinski definition) is 0. The van der Waals surface area contributed by atoms with Crippen LogP contribution in [0.1, 0.15) is 45.5 Å². The average Bonchev–Trinajstić information content (AvgIpc) is 3.18. The van der Waals surface area contributed by atoms with Crippen molar-refractivity contribution in [2.24, 2.45) is 0 Å². The number of fused-ring (bicyclic) bond motifs is 2. The van der Waals surface area contributed by atoms with Crippen molar-refractivity contribution in [3.63, 3.8) is 0 Å². The summed E-state index contributed by atoms with van der Waals surface area (Å²) in [4.78, 5) is 18.0. The summed E-state index contributed by atoms with van der Waals surface area (Å²) in [7, 11) is 1.70. The lowest BCUT2D eigenvalue weighted by Crippen LogP contribution is -2.45. The van der Waals surface area contributed by atoms with E-state index < -0.39 is 0 Å². The van der Waals surface area contributed by atoms with Gasteiger partial charge in [0.15, 0.2) is 0 Å². The summed E-state index contributed by atoms with van der Waals surface area (Å²) in [6.07, 6.45) is 2.02. The normalized spacial score (nSPS) is 16.8. The van der Waals surface area contributed by atoms with Gasteiger partial charge in [-0.15, -0.1) is 0 Å². The number of methoxy groups -OCH3 is 1. The summed E-state index contributed by atoms with van der Waals surface area (Å²) in [5.74, 6) is 0.860. The molecule has 5 nitrogen and oxygen atoms in total. The Bertz CT molecular complexity index is 1270. The molecule has 0 atom stereocenters. The van der Waals surface area contributed by atoms with E-state index >= 15 is 0 Å². The quantitative estimate of drug-likeness (QED) is 0.556. The van der Waals surface area contributed by atoms with Crippen molar-refractivity contribution in [3.05, 3.63) is 94.5 Å². The zero-order valence-electron chi connectivity index (χ0n) is 19.8. The molecule has 3 aromatic carbocycles. The van der Waals surface area contributed by atoms with Gasteiger partial charge in [-0.2, -0.15) is 5.26 Å². The number of likely N-dealkylation sites (tertiary alicyclic amines) is 1. The van der Waals surface area contributed by atoms with Crippen molar-refractivity contribution in [2.45, 2.75) is 31.7 Å². The minimum atomic E-state index is -0.0330. The number of rotatable bonds is 4. The Hall–Kier alpha value is -3.62. The maximum absolute atomic E-state index is 13.5. The van der Waals surface area contributed by atoms with Crippen LogP contribution in [0.25, 0.3) is 0 Å². The monoisotopic (exact) mass is 451 g/mol. The second kappa shape index (κ2) is 8.96. The molecule has 1 amide bonds. The van der Waals surface area contributed by atoms with Crippen LogP contribution in [0.3, 0.4) is 0 Å². The van der Waals surface area contributed by atoms with E-state index in [0.717, 1.165) is 43.9 Å². The largest absolute Gasteiger partial charge is 0.497 e. The van der Waals surface area contributed by atoms with Gasteiger partial charge in [-0.3, -0.25) is 9.69 Å². The van der Waals surface area contributed by atoms with Crippen LogP contribution in [0.4, 0.5) is 5.69 Å². The summed E-state index contributed by atoms with van der Waals surface area (Å²) >= 11 is 0. The van der Waals surface area contributed by atoms with Gasteiger partial charge in [0.25, 0.3) is 5.91 Å². The van der Waals surface area contributed by atoms with Crippen molar-refractivity contribution < 1.29 is 9.53 Å². The number of ether oxygens (including phenoxy) is 1. The van der Waals surface area contributed by atoms with E-state index in [1.807, 2.05) is 17.0 Å². The van der Waals surface area contributed by atoms with Crippen LogP contribution in [0.5, 0.6) is 5.75 Å². The summed E-state index contributed by atoms with van der Waals surface area (Å²) in [5, 5.41) is 9.27. The molecule has 1 saturated heterocycles. The second-order valence-electron chi connectivity index (χ2n) is 9.51. The lowest BCUT2D eigenvalue weighted by Gasteiger charge is -2.40. The first-order valence-corrected chi connectivity index (χ1v) is 11.8. The average molecular weight is 452 g/mol. The highest BCUT2D eigenvalue weighted by Gasteiger charge is 2.46. The fourth-order valence-corrected chi connectivity index (χ4v) is 5.44. The minimum absolute atomic E-state index is 0.0297.